The van der Waals surface area contributed by atoms with Gasteiger partial charge in [-0.2, -0.15) is 0 Å². The first-order valence-corrected chi connectivity index (χ1v) is 14.3. The predicted octanol–water partition coefficient (Wildman–Crippen LogP) is 5.93. The lowest BCUT2D eigenvalue weighted by molar-refractivity contribution is 0.0695. The van der Waals surface area contributed by atoms with Gasteiger partial charge in [-0.15, -0.1) is 11.3 Å². The molecule has 1 saturated heterocycles. The smallest absolute Gasteiger partial charge is 0.338 e. The number of thiophene rings is 1. The summed E-state index contributed by atoms with van der Waals surface area (Å²) in [6, 6.07) is 10.6. The average Bonchev–Trinajstić information content (AvgIpc) is 3.71. The maximum Gasteiger partial charge on any atom is 0.338 e. The van der Waals surface area contributed by atoms with E-state index >= 15 is 0 Å². The van der Waals surface area contributed by atoms with Gasteiger partial charge in [0.05, 0.1) is 34.1 Å². The molecule has 6 rings (SSSR count). The number of aryl methyl sites for hydroxylation is 2. The summed E-state index contributed by atoms with van der Waals surface area (Å²) >= 11 is 1.14. The van der Waals surface area contributed by atoms with Crippen LogP contribution in [-0.4, -0.2) is 39.3 Å². The topological polar surface area (TPSA) is 99.6 Å². The number of aromatic carboxylic acids is 1. The standard InChI is InChI=1S/C31H24F3N3O4S/c32-19-7-3-16(4-8-19)6-10-22-25(31(40)41)26(27-28(36-22)23-2-1-11-37(23)30(27)39)24-13-18(15-42-24)29(38)35-14-17-5-9-20(33)21(34)12-17/h3-5,7-9,12-13,15,23H,1-2,6,10-11,14H2,(H,35,38)(H,40,41)/t23-/m0/s1. The molecular weight excluding hydrogens is 567 g/mol. The number of carbonyl (C=O) groups excluding carboxylic acids is 2. The van der Waals surface area contributed by atoms with E-state index in [1.165, 1.54) is 24.3 Å². The van der Waals surface area contributed by atoms with Gasteiger partial charge >= 0.3 is 5.97 Å². The van der Waals surface area contributed by atoms with Crippen molar-refractivity contribution < 1.29 is 32.7 Å². The summed E-state index contributed by atoms with van der Waals surface area (Å²) in [4.78, 5) is 46.1. The number of rotatable bonds is 8. The molecule has 1 atom stereocenters. The van der Waals surface area contributed by atoms with E-state index in [1.807, 2.05) is 0 Å². The van der Waals surface area contributed by atoms with Crippen molar-refractivity contribution in [3.8, 4) is 10.4 Å². The lowest BCUT2D eigenvalue weighted by Crippen LogP contribution is -2.23. The van der Waals surface area contributed by atoms with Crippen LogP contribution in [-0.2, 0) is 19.4 Å². The lowest BCUT2D eigenvalue weighted by Gasteiger charge is -2.15. The number of nitrogens with zero attached hydrogens (tertiary/aromatic N) is 2. The second-order valence-corrected chi connectivity index (χ2v) is 11.2. The van der Waals surface area contributed by atoms with E-state index < -0.39 is 23.5 Å². The summed E-state index contributed by atoms with van der Waals surface area (Å²) in [6.45, 7) is 0.504. The number of halogens is 3. The number of carboxylic acids is 1. The Bertz CT molecular complexity index is 1740. The molecule has 0 bridgehead atoms. The fourth-order valence-corrected chi connectivity index (χ4v) is 6.59. The molecular formula is C31H24F3N3O4S. The van der Waals surface area contributed by atoms with Crippen LogP contribution in [0.25, 0.3) is 10.4 Å². The highest BCUT2D eigenvalue weighted by Crippen LogP contribution is 2.46. The zero-order valence-electron chi connectivity index (χ0n) is 22.1. The number of fused-ring (bicyclic) bond motifs is 3. The van der Waals surface area contributed by atoms with Gasteiger partial charge in [0.15, 0.2) is 11.6 Å². The summed E-state index contributed by atoms with van der Waals surface area (Å²) in [5.74, 6) is -4.39. The number of pyridine rings is 1. The number of carboxylic acid groups (broad SMARTS) is 1. The summed E-state index contributed by atoms with van der Waals surface area (Å²) in [5, 5.41) is 14.6. The van der Waals surface area contributed by atoms with Gasteiger partial charge in [0, 0.05) is 28.9 Å². The molecule has 214 valence electrons. The number of amides is 2. The number of carbonyl (C=O) groups is 3. The number of hydrogen-bond acceptors (Lipinski definition) is 5. The molecule has 2 aliphatic heterocycles. The highest BCUT2D eigenvalue weighted by Gasteiger charge is 2.44. The zero-order chi connectivity index (χ0) is 29.5. The molecule has 1 fully saturated rings. The van der Waals surface area contributed by atoms with Crippen LogP contribution in [0.5, 0.6) is 0 Å². The Morgan fingerprint density at radius 1 is 1.00 bits per heavy atom. The van der Waals surface area contributed by atoms with Crippen LogP contribution in [0.15, 0.2) is 53.9 Å². The normalized spacial score (nSPS) is 15.5. The Morgan fingerprint density at radius 3 is 2.50 bits per heavy atom. The molecule has 0 radical (unpaired) electrons. The van der Waals surface area contributed by atoms with Gasteiger partial charge in [-0.05, 0) is 67.1 Å². The van der Waals surface area contributed by atoms with E-state index in [1.54, 1.807) is 22.4 Å². The molecule has 2 aromatic heterocycles. The summed E-state index contributed by atoms with van der Waals surface area (Å²) in [6.07, 6.45) is 2.20. The monoisotopic (exact) mass is 591 g/mol. The van der Waals surface area contributed by atoms with Crippen molar-refractivity contribution in [3.63, 3.8) is 0 Å². The maximum atomic E-state index is 13.6. The van der Waals surface area contributed by atoms with E-state index in [0.29, 0.717) is 34.8 Å². The van der Waals surface area contributed by atoms with E-state index in [-0.39, 0.29) is 53.0 Å². The maximum absolute atomic E-state index is 13.6. The van der Waals surface area contributed by atoms with Crippen molar-refractivity contribution in [1.29, 1.82) is 0 Å². The van der Waals surface area contributed by atoms with Gasteiger partial charge < -0.3 is 15.3 Å². The van der Waals surface area contributed by atoms with E-state index in [9.17, 15) is 32.7 Å². The highest BCUT2D eigenvalue weighted by atomic mass is 32.1. The van der Waals surface area contributed by atoms with Gasteiger partial charge in [0.1, 0.15) is 5.82 Å². The first kappa shape index (κ1) is 27.6. The quantitative estimate of drug-likeness (QED) is 0.265. The Kier molecular flexibility index (Phi) is 7.28. The van der Waals surface area contributed by atoms with Gasteiger partial charge in [0.2, 0.25) is 0 Å². The van der Waals surface area contributed by atoms with Gasteiger partial charge in [-0.25, -0.2) is 18.0 Å². The molecule has 0 saturated carbocycles. The van der Waals surface area contributed by atoms with Crippen molar-refractivity contribution in [2.24, 2.45) is 0 Å². The fourth-order valence-electron chi connectivity index (χ4n) is 5.64. The molecule has 0 unspecified atom stereocenters. The van der Waals surface area contributed by atoms with Crippen LogP contribution in [0.1, 0.15) is 72.5 Å². The van der Waals surface area contributed by atoms with Crippen LogP contribution in [0.4, 0.5) is 13.2 Å². The Hall–Kier alpha value is -4.51. The third-order valence-electron chi connectivity index (χ3n) is 7.67. The number of aromatic nitrogens is 1. The second-order valence-electron chi connectivity index (χ2n) is 10.3. The number of nitrogens with one attached hydrogen (secondary N) is 1. The van der Waals surface area contributed by atoms with Crippen LogP contribution in [0.3, 0.4) is 0 Å². The van der Waals surface area contributed by atoms with E-state index in [0.717, 1.165) is 41.9 Å². The molecule has 7 nitrogen and oxygen atoms in total. The Labute approximate surface area is 242 Å². The van der Waals surface area contributed by atoms with Gasteiger partial charge in [-0.3, -0.25) is 14.6 Å². The van der Waals surface area contributed by atoms with Gasteiger partial charge in [0.25, 0.3) is 11.8 Å². The van der Waals surface area contributed by atoms with E-state index in [4.69, 9.17) is 4.98 Å². The summed E-state index contributed by atoms with van der Waals surface area (Å²) < 4.78 is 40.2. The molecule has 11 heteroatoms. The number of benzene rings is 2. The highest BCUT2D eigenvalue weighted by molar-refractivity contribution is 7.14. The fraction of sp³-hybridized carbons (Fsp3) is 0.226. The third kappa shape index (κ3) is 5.04. The average molecular weight is 592 g/mol. The van der Waals surface area contributed by atoms with Gasteiger partial charge in [-0.1, -0.05) is 18.2 Å². The molecule has 2 aromatic carbocycles. The van der Waals surface area contributed by atoms with Crippen molar-refractivity contribution in [2.75, 3.05) is 6.54 Å². The van der Waals surface area contributed by atoms with Crippen molar-refractivity contribution in [1.82, 2.24) is 15.2 Å². The first-order chi connectivity index (χ1) is 20.2. The Morgan fingerprint density at radius 2 is 1.76 bits per heavy atom. The molecule has 2 amide bonds. The van der Waals surface area contributed by atoms with Crippen LogP contribution in [0.2, 0.25) is 0 Å². The van der Waals surface area contributed by atoms with Crippen LogP contribution in [0, 0.1) is 17.5 Å². The largest absolute Gasteiger partial charge is 0.478 e. The van der Waals surface area contributed by atoms with Crippen molar-refractivity contribution >= 4 is 29.1 Å². The molecule has 0 aliphatic carbocycles. The minimum atomic E-state index is -1.24. The van der Waals surface area contributed by atoms with Crippen molar-refractivity contribution in [2.45, 2.75) is 38.3 Å². The van der Waals surface area contributed by atoms with Crippen molar-refractivity contribution in [3.05, 3.63) is 111 Å². The van der Waals surface area contributed by atoms with Crippen LogP contribution < -0.4 is 5.32 Å². The predicted molar refractivity (Wildman–Crippen MR) is 149 cm³/mol. The Balaban J connectivity index is 1.37. The molecule has 4 aromatic rings. The summed E-state index contributed by atoms with van der Waals surface area (Å²) in [7, 11) is 0. The lowest BCUT2D eigenvalue weighted by atomic mass is 9.93. The minimum absolute atomic E-state index is 0.0467. The van der Waals surface area contributed by atoms with E-state index in [2.05, 4.69) is 5.32 Å². The molecule has 4 heterocycles. The molecule has 42 heavy (non-hydrogen) atoms. The SMILES string of the molecule is O=C(NCc1ccc(F)c(F)c1)c1csc(-c2c(C(=O)O)c(CCc3ccc(F)cc3)nc3c2C(=O)N2CCC[C@@H]32)c1. The number of hydrogen-bond donors (Lipinski definition) is 2. The molecule has 2 aliphatic rings. The third-order valence-corrected chi connectivity index (χ3v) is 8.61. The molecule has 2 N–H and O–H groups in total. The molecule has 0 spiro atoms. The minimum Gasteiger partial charge on any atom is -0.478 e. The zero-order valence-corrected chi connectivity index (χ0v) is 22.9. The first-order valence-electron chi connectivity index (χ1n) is 13.4. The summed E-state index contributed by atoms with van der Waals surface area (Å²) in [5.41, 5.74) is 2.67. The second kappa shape index (κ2) is 11.1. The van der Waals surface area contributed by atoms with Crippen LogP contribution >= 0.6 is 11.3 Å².